The Morgan fingerprint density at radius 1 is 1.42 bits per heavy atom. The minimum atomic E-state index is -0.0191. The predicted molar refractivity (Wildman–Crippen MR) is 76.6 cm³/mol. The zero-order chi connectivity index (χ0) is 13.7. The highest BCUT2D eigenvalue weighted by atomic mass is 16.3. The Hall–Kier alpha value is -1.62. The van der Waals surface area contributed by atoms with E-state index in [1.807, 2.05) is 12.1 Å². The molecule has 1 aromatic heterocycles. The zero-order valence-electron chi connectivity index (χ0n) is 11.2. The minimum Gasteiger partial charge on any atom is -0.395 e. The van der Waals surface area contributed by atoms with Crippen LogP contribution in [0.15, 0.2) is 18.3 Å². The molecule has 0 saturated heterocycles. The Morgan fingerprint density at radius 3 is 2.79 bits per heavy atom. The number of aromatic nitrogens is 1. The van der Waals surface area contributed by atoms with Gasteiger partial charge < -0.3 is 15.7 Å². The SMILES string of the molecule is N=C(N)c1ncccc1N(CCO)C1CCCCC1. The van der Waals surface area contributed by atoms with Crippen molar-refractivity contribution in [1.82, 2.24) is 4.98 Å². The van der Waals surface area contributed by atoms with Gasteiger partial charge in [-0.25, -0.2) is 0 Å². The van der Waals surface area contributed by atoms with Gasteiger partial charge in [-0.2, -0.15) is 0 Å². The van der Waals surface area contributed by atoms with Crippen LogP contribution in [0.2, 0.25) is 0 Å². The molecule has 0 aromatic carbocycles. The van der Waals surface area contributed by atoms with E-state index in [0.29, 0.717) is 18.3 Å². The van der Waals surface area contributed by atoms with Crippen LogP contribution in [0.1, 0.15) is 37.8 Å². The largest absolute Gasteiger partial charge is 0.395 e. The van der Waals surface area contributed by atoms with Crippen molar-refractivity contribution in [3.8, 4) is 0 Å². The summed E-state index contributed by atoms with van der Waals surface area (Å²) in [6.07, 6.45) is 7.65. The summed E-state index contributed by atoms with van der Waals surface area (Å²) in [6, 6.07) is 4.21. The Balaban J connectivity index is 2.29. The van der Waals surface area contributed by atoms with E-state index in [9.17, 15) is 5.11 Å². The molecule has 0 unspecified atom stereocenters. The number of aliphatic hydroxyl groups excluding tert-OH is 1. The van der Waals surface area contributed by atoms with Crippen LogP contribution in [0.3, 0.4) is 0 Å². The van der Waals surface area contributed by atoms with Crippen LogP contribution in [-0.4, -0.2) is 35.1 Å². The molecule has 1 fully saturated rings. The fourth-order valence-corrected chi connectivity index (χ4v) is 2.84. The van der Waals surface area contributed by atoms with Crippen molar-refractivity contribution >= 4 is 11.5 Å². The standard InChI is InChI=1S/C14H22N4O/c15-14(16)13-12(7-4-8-17-13)18(9-10-19)11-5-2-1-3-6-11/h4,7-8,11,19H,1-3,5-6,9-10H2,(H3,15,16). The summed E-state index contributed by atoms with van der Waals surface area (Å²) < 4.78 is 0. The fourth-order valence-electron chi connectivity index (χ4n) is 2.84. The van der Waals surface area contributed by atoms with Crippen molar-refractivity contribution in [2.24, 2.45) is 5.73 Å². The number of nitrogen functional groups attached to an aromatic ring is 1. The minimum absolute atomic E-state index is 0.0191. The highest BCUT2D eigenvalue weighted by Gasteiger charge is 2.23. The third-order valence-corrected chi connectivity index (χ3v) is 3.71. The van der Waals surface area contributed by atoms with Gasteiger partial charge in [-0.1, -0.05) is 19.3 Å². The number of nitrogens with one attached hydrogen (secondary N) is 1. The average Bonchev–Trinajstić information content (AvgIpc) is 2.45. The van der Waals surface area contributed by atoms with Gasteiger partial charge in [0, 0.05) is 18.8 Å². The maximum Gasteiger partial charge on any atom is 0.143 e. The summed E-state index contributed by atoms with van der Waals surface area (Å²) >= 11 is 0. The Bertz CT molecular complexity index is 429. The third-order valence-electron chi connectivity index (χ3n) is 3.71. The van der Waals surface area contributed by atoms with Crippen LogP contribution in [0.25, 0.3) is 0 Å². The summed E-state index contributed by atoms with van der Waals surface area (Å²) in [4.78, 5) is 6.37. The normalized spacial score (nSPS) is 16.3. The number of anilines is 1. The molecule has 2 rings (SSSR count). The van der Waals surface area contributed by atoms with Gasteiger partial charge in [-0.3, -0.25) is 10.4 Å². The first kappa shape index (κ1) is 13.8. The molecule has 0 bridgehead atoms. The predicted octanol–water partition coefficient (Wildman–Crippen LogP) is 1.50. The molecule has 1 aliphatic carbocycles. The average molecular weight is 262 g/mol. The molecule has 0 radical (unpaired) electrons. The van der Waals surface area contributed by atoms with Crippen LogP contribution < -0.4 is 10.6 Å². The summed E-state index contributed by atoms with van der Waals surface area (Å²) in [6.45, 7) is 0.666. The lowest BCUT2D eigenvalue weighted by Gasteiger charge is -2.36. The zero-order valence-corrected chi connectivity index (χ0v) is 11.2. The molecule has 1 aliphatic rings. The monoisotopic (exact) mass is 262 g/mol. The quantitative estimate of drug-likeness (QED) is 0.554. The number of nitrogens with zero attached hydrogens (tertiary/aromatic N) is 2. The second-order valence-electron chi connectivity index (χ2n) is 4.99. The van der Waals surface area contributed by atoms with Gasteiger partial charge in [0.2, 0.25) is 0 Å². The number of hydrogen-bond donors (Lipinski definition) is 3. The molecule has 19 heavy (non-hydrogen) atoms. The number of nitrogens with two attached hydrogens (primary N) is 1. The van der Waals surface area contributed by atoms with Gasteiger partial charge in [0.15, 0.2) is 0 Å². The summed E-state index contributed by atoms with van der Waals surface area (Å²) in [5, 5.41) is 17.0. The number of pyridine rings is 1. The first-order valence-electron chi connectivity index (χ1n) is 6.91. The van der Waals surface area contributed by atoms with Crippen molar-refractivity contribution in [1.29, 1.82) is 5.41 Å². The summed E-state index contributed by atoms with van der Waals surface area (Å²) in [5.41, 5.74) is 7.00. The van der Waals surface area contributed by atoms with Crippen LogP contribution in [0.5, 0.6) is 0 Å². The molecule has 0 atom stereocenters. The maximum absolute atomic E-state index is 9.31. The van der Waals surface area contributed by atoms with Gasteiger partial charge in [-0.05, 0) is 25.0 Å². The molecule has 0 spiro atoms. The van der Waals surface area contributed by atoms with Gasteiger partial charge in [0.25, 0.3) is 0 Å². The van der Waals surface area contributed by atoms with Crippen molar-refractivity contribution in [3.63, 3.8) is 0 Å². The molecule has 1 saturated carbocycles. The molecule has 5 heteroatoms. The molecule has 0 amide bonds. The van der Waals surface area contributed by atoms with Crippen LogP contribution in [-0.2, 0) is 0 Å². The van der Waals surface area contributed by atoms with E-state index in [2.05, 4.69) is 9.88 Å². The lowest BCUT2D eigenvalue weighted by atomic mass is 9.93. The van der Waals surface area contributed by atoms with Crippen LogP contribution in [0.4, 0.5) is 5.69 Å². The van der Waals surface area contributed by atoms with Gasteiger partial charge >= 0.3 is 0 Å². The van der Waals surface area contributed by atoms with Crippen molar-refractivity contribution in [2.45, 2.75) is 38.1 Å². The number of hydrogen-bond acceptors (Lipinski definition) is 4. The smallest absolute Gasteiger partial charge is 0.143 e. The highest BCUT2D eigenvalue weighted by Crippen LogP contribution is 2.28. The van der Waals surface area contributed by atoms with Gasteiger partial charge in [0.05, 0.1) is 12.3 Å². The van der Waals surface area contributed by atoms with Crippen molar-refractivity contribution in [3.05, 3.63) is 24.0 Å². The van der Waals surface area contributed by atoms with Crippen molar-refractivity contribution < 1.29 is 5.11 Å². The Morgan fingerprint density at radius 2 is 2.16 bits per heavy atom. The van der Waals surface area contributed by atoms with E-state index < -0.39 is 0 Å². The second-order valence-corrected chi connectivity index (χ2v) is 4.99. The fraction of sp³-hybridized carbons (Fsp3) is 0.571. The van der Waals surface area contributed by atoms with E-state index in [1.165, 1.54) is 19.3 Å². The molecule has 4 N–H and O–H groups in total. The van der Waals surface area contributed by atoms with Gasteiger partial charge in [0.1, 0.15) is 11.5 Å². The molecule has 5 nitrogen and oxygen atoms in total. The highest BCUT2D eigenvalue weighted by molar-refractivity contribution is 5.98. The Kier molecular flexibility index (Phi) is 4.74. The van der Waals surface area contributed by atoms with Crippen LogP contribution in [0, 0.1) is 5.41 Å². The van der Waals surface area contributed by atoms with E-state index in [-0.39, 0.29) is 12.4 Å². The van der Waals surface area contributed by atoms with E-state index >= 15 is 0 Å². The third kappa shape index (κ3) is 3.23. The van der Waals surface area contributed by atoms with Crippen molar-refractivity contribution in [2.75, 3.05) is 18.1 Å². The first-order chi connectivity index (χ1) is 9.24. The molecule has 104 valence electrons. The molecular weight excluding hydrogens is 240 g/mol. The number of aliphatic hydroxyl groups is 1. The van der Waals surface area contributed by atoms with E-state index in [0.717, 1.165) is 18.5 Å². The Labute approximate surface area is 114 Å². The molecule has 1 heterocycles. The van der Waals surface area contributed by atoms with Gasteiger partial charge in [-0.15, -0.1) is 0 Å². The first-order valence-corrected chi connectivity index (χ1v) is 6.91. The molecular formula is C14H22N4O. The topological polar surface area (TPSA) is 86.2 Å². The van der Waals surface area contributed by atoms with Crippen LogP contribution >= 0.6 is 0 Å². The molecule has 1 aromatic rings. The number of rotatable bonds is 5. The lowest BCUT2D eigenvalue weighted by Crippen LogP contribution is -2.40. The number of amidine groups is 1. The summed E-state index contributed by atoms with van der Waals surface area (Å²) in [5.74, 6) is -0.0191. The summed E-state index contributed by atoms with van der Waals surface area (Å²) in [7, 11) is 0. The second kappa shape index (κ2) is 6.52. The maximum atomic E-state index is 9.31. The van der Waals surface area contributed by atoms with E-state index in [4.69, 9.17) is 11.1 Å². The van der Waals surface area contributed by atoms with E-state index in [1.54, 1.807) is 6.20 Å². The molecule has 0 aliphatic heterocycles. The lowest BCUT2D eigenvalue weighted by molar-refractivity contribution is 0.290.